The summed E-state index contributed by atoms with van der Waals surface area (Å²) in [5, 5.41) is 0. The number of nitrogens with zero attached hydrogens (tertiary/aromatic N) is 2. The van der Waals surface area contributed by atoms with Gasteiger partial charge in [-0.25, -0.2) is 4.39 Å². The summed E-state index contributed by atoms with van der Waals surface area (Å²) < 4.78 is 13.1. The molecular weight excluding hydrogens is 217 g/mol. The van der Waals surface area contributed by atoms with E-state index in [4.69, 9.17) is 5.73 Å². The highest BCUT2D eigenvalue weighted by molar-refractivity contribution is 5.20. The first-order chi connectivity index (χ1) is 8.15. The van der Waals surface area contributed by atoms with Gasteiger partial charge in [0.2, 0.25) is 0 Å². The quantitative estimate of drug-likeness (QED) is 0.853. The Morgan fingerprint density at radius 2 is 2.00 bits per heavy atom. The van der Waals surface area contributed by atoms with E-state index in [2.05, 4.69) is 16.8 Å². The summed E-state index contributed by atoms with van der Waals surface area (Å²) in [5.41, 5.74) is 6.99. The second-order valence-electron chi connectivity index (χ2n) is 4.77. The van der Waals surface area contributed by atoms with Crippen LogP contribution in [0.25, 0.3) is 0 Å². The molecule has 1 aromatic rings. The summed E-state index contributed by atoms with van der Waals surface area (Å²) in [6.07, 6.45) is 0. The van der Waals surface area contributed by atoms with Crippen LogP contribution in [0.2, 0.25) is 0 Å². The van der Waals surface area contributed by atoms with Gasteiger partial charge in [0.15, 0.2) is 0 Å². The molecule has 0 spiro atoms. The first kappa shape index (κ1) is 12.5. The van der Waals surface area contributed by atoms with Crippen molar-refractivity contribution in [3.05, 3.63) is 35.6 Å². The predicted octanol–water partition coefficient (Wildman–Crippen LogP) is 1.07. The fourth-order valence-electron chi connectivity index (χ4n) is 2.15. The summed E-state index contributed by atoms with van der Waals surface area (Å²) in [6.45, 7) is 5.04. The summed E-state index contributed by atoms with van der Waals surface area (Å²) >= 11 is 0. The molecule has 3 nitrogen and oxygen atoms in total. The van der Waals surface area contributed by atoms with Gasteiger partial charge in [-0.15, -0.1) is 0 Å². The number of hydrogen-bond donors (Lipinski definition) is 1. The Bertz CT molecular complexity index is 361. The molecule has 2 rings (SSSR count). The van der Waals surface area contributed by atoms with Gasteiger partial charge in [-0.05, 0) is 24.7 Å². The van der Waals surface area contributed by atoms with Crippen molar-refractivity contribution < 1.29 is 4.39 Å². The third kappa shape index (κ3) is 3.49. The second-order valence-corrected chi connectivity index (χ2v) is 4.77. The zero-order valence-electron chi connectivity index (χ0n) is 10.3. The lowest BCUT2D eigenvalue weighted by Gasteiger charge is -2.33. The minimum absolute atomic E-state index is 0.103. The topological polar surface area (TPSA) is 32.5 Å². The van der Waals surface area contributed by atoms with Gasteiger partial charge in [0.05, 0.1) is 0 Å². The van der Waals surface area contributed by atoms with Crippen molar-refractivity contribution in [3.63, 3.8) is 0 Å². The van der Waals surface area contributed by atoms with Gasteiger partial charge in [0.25, 0.3) is 0 Å². The second kappa shape index (κ2) is 5.58. The van der Waals surface area contributed by atoms with Crippen molar-refractivity contribution in [2.75, 3.05) is 39.8 Å². The molecule has 0 radical (unpaired) electrons. The van der Waals surface area contributed by atoms with Crippen molar-refractivity contribution in [1.82, 2.24) is 9.80 Å². The molecule has 0 bridgehead atoms. The van der Waals surface area contributed by atoms with Gasteiger partial charge in [-0.3, -0.25) is 4.90 Å². The van der Waals surface area contributed by atoms with Gasteiger partial charge in [-0.1, -0.05) is 12.1 Å². The number of halogens is 1. The minimum Gasteiger partial charge on any atom is -0.323 e. The molecule has 1 saturated heterocycles. The molecule has 2 N–H and O–H groups in total. The lowest BCUT2D eigenvalue weighted by molar-refractivity contribution is 0.147. The van der Waals surface area contributed by atoms with Crippen molar-refractivity contribution in [1.29, 1.82) is 0 Å². The smallest absolute Gasteiger partial charge is 0.123 e. The number of likely N-dealkylation sites (N-methyl/N-ethyl adjacent to an activating group) is 1. The first-order valence-electron chi connectivity index (χ1n) is 6.07. The summed E-state index contributed by atoms with van der Waals surface area (Å²) in [4.78, 5) is 4.65. The van der Waals surface area contributed by atoms with Crippen molar-refractivity contribution in [3.8, 4) is 0 Å². The molecule has 0 aliphatic carbocycles. The van der Waals surface area contributed by atoms with Crippen LogP contribution in [0.5, 0.6) is 0 Å². The number of hydrogen-bond acceptors (Lipinski definition) is 3. The van der Waals surface area contributed by atoms with E-state index < -0.39 is 0 Å². The minimum atomic E-state index is -0.212. The van der Waals surface area contributed by atoms with Crippen LogP contribution >= 0.6 is 0 Å². The van der Waals surface area contributed by atoms with Gasteiger partial charge in [0, 0.05) is 38.8 Å². The summed E-state index contributed by atoms with van der Waals surface area (Å²) in [7, 11) is 2.13. The molecule has 1 heterocycles. The Kier molecular flexibility index (Phi) is 4.10. The van der Waals surface area contributed by atoms with Crippen LogP contribution in [0.15, 0.2) is 24.3 Å². The zero-order chi connectivity index (χ0) is 12.3. The Labute approximate surface area is 102 Å². The summed E-state index contributed by atoms with van der Waals surface area (Å²) in [6, 6.07) is 6.49. The third-order valence-corrected chi connectivity index (χ3v) is 3.33. The van der Waals surface area contributed by atoms with Gasteiger partial charge >= 0.3 is 0 Å². The Morgan fingerprint density at radius 3 is 2.65 bits per heavy atom. The first-order valence-corrected chi connectivity index (χ1v) is 6.07. The molecule has 1 aromatic carbocycles. The molecule has 1 aliphatic heterocycles. The molecule has 0 aromatic heterocycles. The SMILES string of the molecule is CN1CCN(CC(N)c2cccc(F)c2)CC1. The largest absolute Gasteiger partial charge is 0.323 e. The van der Waals surface area contributed by atoms with Crippen LogP contribution in [-0.2, 0) is 0 Å². The van der Waals surface area contributed by atoms with Crippen LogP contribution in [0.4, 0.5) is 4.39 Å². The standard InChI is InChI=1S/C13H20FN3/c1-16-5-7-17(8-6-16)10-13(15)11-3-2-4-12(14)9-11/h2-4,9,13H,5-8,10,15H2,1H3. The maximum Gasteiger partial charge on any atom is 0.123 e. The molecular formula is C13H20FN3. The highest BCUT2D eigenvalue weighted by atomic mass is 19.1. The molecule has 1 aliphatic rings. The maximum atomic E-state index is 13.1. The zero-order valence-corrected chi connectivity index (χ0v) is 10.3. The van der Waals surface area contributed by atoms with Crippen LogP contribution < -0.4 is 5.73 Å². The van der Waals surface area contributed by atoms with E-state index >= 15 is 0 Å². The fourth-order valence-corrected chi connectivity index (χ4v) is 2.15. The van der Waals surface area contributed by atoms with Crippen LogP contribution in [-0.4, -0.2) is 49.6 Å². The van der Waals surface area contributed by atoms with E-state index in [0.717, 1.165) is 38.3 Å². The van der Waals surface area contributed by atoms with Crippen molar-refractivity contribution in [2.45, 2.75) is 6.04 Å². The van der Waals surface area contributed by atoms with E-state index in [-0.39, 0.29) is 11.9 Å². The molecule has 0 saturated carbocycles. The molecule has 0 amide bonds. The van der Waals surface area contributed by atoms with Gasteiger partial charge < -0.3 is 10.6 Å². The molecule has 4 heteroatoms. The normalized spacial score (nSPS) is 20.4. The lowest BCUT2D eigenvalue weighted by Crippen LogP contribution is -2.46. The van der Waals surface area contributed by atoms with Crippen LogP contribution in [0.1, 0.15) is 11.6 Å². The Balaban J connectivity index is 1.90. The monoisotopic (exact) mass is 237 g/mol. The lowest BCUT2D eigenvalue weighted by atomic mass is 10.1. The van der Waals surface area contributed by atoms with Crippen molar-refractivity contribution in [2.24, 2.45) is 5.73 Å². The average molecular weight is 237 g/mol. The molecule has 94 valence electrons. The molecule has 17 heavy (non-hydrogen) atoms. The maximum absolute atomic E-state index is 13.1. The van der Waals surface area contributed by atoms with Crippen LogP contribution in [0, 0.1) is 5.82 Å². The van der Waals surface area contributed by atoms with Crippen LogP contribution in [0.3, 0.4) is 0 Å². The average Bonchev–Trinajstić information content (AvgIpc) is 2.32. The van der Waals surface area contributed by atoms with E-state index in [1.807, 2.05) is 6.07 Å². The molecule has 1 fully saturated rings. The van der Waals surface area contributed by atoms with E-state index in [1.54, 1.807) is 6.07 Å². The number of nitrogens with two attached hydrogens (primary N) is 1. The number of piperazine rings is 1. The Hall–Kier alpha value is -0.970. The van der Waals surface area contributed by atoms with E-state index in [9.17, 15) is 4.39 Å². The molecule has 1 unspecified atom stereocenters. The van der Waals surface area contributed by atoms with Crippen molar-refractivity contribution >= 4 is 0 Å². The Morgan fingerprint density at radius 1 is 1.29 bits per heavy atom. The number of rotatable bonds is 3. The molecule has 1 atom stereocenters. The van der Waals surface area contributed by atoms with E-state index in [1.165, 1.54) is 12.1 Å². The van der Waals surface area contributed by atoms with E-state index in [0.29, 0.717) is 0 Å². The van der Waals surface area contributed by atoms with Gasteiger partial charge in [-0.2, -0.15) is 0 Å². The number of benzene rings is 1. The third-order valence-electron chi connectivity index (χ3n) is 3.33. The fraction of sp³-hybridized carbons (Fsp3) is 0.538. The highest BCUT2D eigenvalue weighted by Crippen LogP contribution is 2.14. The van der Waals surface area contributed by atoms with Gasteiger partial charge in [0.1, 0.15) is 5.82 Å². The summed E-state index contributed by atoms with van der Waals surface area (Å²) in [5.74, 6) is -0.212. The highest BCUT2D eigenvalue weighted by Gasteiger charge is 2.17. The predicted molar refractivity (Wildman–Crippen MR) is 67.3 cm³/mol.